The van der Waals surface area contributed by atoms with Gasteiger partial charge in [-0.05, 0) is 93.6 Å². The lowest BCUT2D eigenvalue weighted by Gasteiger charge is -2.19. The minimum Gasteiger partial charge on any atom is -0.487 e. The van der Waals surface area contributed by atoms with E-state index in [4.69, 9.17) is 4.74 Å². The Morgan fingerprint density at radius 3 is 2.17 bits per heavy atom. The summed E-state index contributed by atoms with van der Waals surface area (Å²) in [4.78, 5) is 0. The van der Waals surface area contributed by atoms with Crippen LogP contribution in [0.25, 0.3) is 56.0 Å². The molecule has 0 fully saturated rings. The molecule has 0 atom stereocenters. The van der Waals surface area contributed by atoms with E-state index in [1.165, 1.54) is 66.1 Å². The Bertz CT molecular complexity index is 1930. The molecule has 5 aromatic carbocycles. The van der Waals surface area contributed by atoms with Crippen molar-refractivity contribution in [2.45, 2.75) is 32.6 Å². The minimum atomic E-state index is 0.574. The van der Waals surface area contributed by atoms with Crippen LogP contribution in [0.15, 0.2) is 96.7 Å². The Morgan fingerprint density at radius 1 is 0.725 bits per heavy atom. The number of aryl methyl sites for hydroxylation is 1. The first-order valence-electron chi connectivity index (χ1n) is 14.4. The van der Waals surface area contributed by atoms with E-state index in [0.717, 1.165) is 42.6 Å². The highest BCUT2D eigenvalue weighted by Crippen LogP contribution is 2.44. The Balaban J connectivity index is 1.38. The maximum absolute atomic E-state index is 6.29. The van der Waals surface area contributed by atoms with Gasteiger partial charge in [0, 0.05) is 22.3 Å². The van der Waals surface area contributed by atoms with Gasteiger partial charge in [0.25, 0.3) is 0 Å². The van der Waals surface area contributed by atoms with E-state index in [1.54, 1.807) is 0 Å². The van der Waals surface area contributed by atoms with Crippen molar-refractivity contribution in [3.63, 3.8) is 0 Å². The molecule has 0 radical (unpaired) electrons. The number of allylic oxidation sites excluding steroid dienone is 2. The predicted octanol–water partition coefficient (Wildman–Crippen LogP) is 10.1. The van der Waals surface area contributed by atoms with Crippen molar-refractivity contribution >= 4 is 44.8 Å². The highest BCUT2D eigenvalue weighted by Gasteiger charge is 2.24. The van der Waals surface area contributed by atoms with Gasteiger partial charge in [-0.15, -0.1) is 5.73 Å². The molecular weight excluding hydrogens is 484 g/mol. The summed E-state index contributed by atoms with van der Waals surface area (Å²) in [5.74, 6) is 1.06. The molecule has 0 N–H and O–H groups in total. The van der Waals surface area contributed by atoms with E-state index in [1.807, 2.05) is 0 Å². The Labute approximate surface area is 235 Å². The van der Waals surface area contributed by atoms with Crippen molar-refractivity contribution in [2.24, 2.45) is 0 Å². The lowest BCUT2D eigenvalue weighted by Crippen LogP contribution is -1.97. The van der Waals surface area contributed by atoms with E-state index in [9.17, 15) is 0 Å². The van der Waals surface area contributed by atoms with Gasteiger partial charge < -0.3 is 4.74 Å². The summed E-state index contributed by atoms with van der Waals surface area (Å²) in [7, 11) is 0. The minimum absolute atomic E-state index is 0.574. The molecule has 0 saturated carbocycles. The van der Waals surface area contributed by atoms with Crippen LogP contribution in [-0.2, 0) is 12.8 Å². The fourth-order valence-corrected chi connectivity index (χ4v) is 6.94. The van der Waals surface area contributed by atoms with Gasteiger partial charge in [0.1, 0.15) is 12.4 Å². The van der Waals surface area contributed by atoms with Crippen molar-refractivity contribution < 1.29 is 4.74 Å². The second kappa shape index (κ2) is 9.26. The van der Waals surface area contributed by atoms with Gasteiger partial charge >= 0.3 is 0 Å². The number of hydrogen-bond acceptors (Lipinski definition) is 1. The third-order valence-electron chi connectivity index (χ3n) is 8.80. The summed E-state index contributed by atoms with van der Waals surface area (Å²) in [5, 5.41) is 5.12. The molecule has 2 aliphatic carbocycles. The largest absolute Gasteiger partial charge is 0.487 e. The van der Waals surface area contributed by atoms with Crippen LogP contribution in [0.2, 0.25) is 0 Å². The van der Waals surface area contributed by atoms with Crippen molar-refractivity contribution in [3.8, 4) is 16.9 Å². The molecule has 0 aromatic heterocycles. The molecule has 1 nitrogen and oxygen atoms in total. The number of rotatable bonds is 2. The molecule has 40 heavy (non-hydrogen) atoms. The molecule has 5 aromatic rings. The van der Waals surface area contributed by atoms with Crippen LogP contribution in [0.1, 0.15) is 53.1 Å². The van der Waals surface area contributed by atoms with Gasteiger partial charge in [0.2, 0.25) is 0 Å². The van der Waals surface area contributed by atoms with E-state index >= 15 is 0 Å². The molecule has 0 unspecified atom stereocenters. The molecule has 1 aliphatic heterocycles. The topological polar surface area (TPSA) is 9.23 Å². The second-order valence-corrected chi connectivity index (χ2v) is 11.2. The quantitative estimate of drug-likeness (QED) is 0.168. The van der Waals surface area contributed by atoms with Crippen LogP contribution in [-0.4, -0.2) is 6.61 Å². The van der Waals surface area contributed by atoms with E-state index in [0.29, 0.717) is 6.61 Å². The predicted molar refractivity (Wildman–Crippen MR) is 170 cm³/mol. The van der Waals surface area contributed by atoms with Crippen LogP contribution >= 0.6 is 0 Å². The summed E-state index contributed by atoms with van der Waals surface area (Å²) in [6.45, 7) is 2.79. The molecule has 0 bridgehead atoms. The van der Waals surface area contributed by atoms with Crippen molar-refractivity contribution in [1.29, 1.82) is 0 Å². The molecule has 0 amide bonds. The third-order valence-corrected chi connectivity index (χ3v) is 8.80. The van der Waals surface area contributed by atoms with E-state index < -0.39 is 0 Å². The molecule has 3 aliphatic rings. The lowest BCUT2D eigenvalue weighted by molar-refractivity contribution is 0.384. The Kier molecular flexibility index (Phi) is 5.40. The first-order chi connectivity index (χ1) is 19.8. The average molecular weight is 515 g/mol. The zero-order valence-corrected chi connectivity index (χ0v) is 22.8. The van der Waals surface area contributed by atoms with Gasteiger partial charge in [-0.2, -0.15) is 0 Å². The smallest absolute Gasteiger partial charge is 0.131 e. The summed E-state index contributed by atoms with van der Waals surface area (Å²) in [6.07, 6.45) is 13.4. The standard InChI is InChI=1S/C39H30O/c1-25(22-30-24-40-39-31-13-5-4-11-27(31)20-21-32(30)39)37-33-14-6-8-16-35(33)38(36-17-9-7-15-34(36)37)29-19-18-26-10-2-3-12-28(26)23-29/h2,4,6-11,14-21,23H,3,5,12-13,24H2,1H3. The molecule has 192 valence electrons. The number of hydrogen-bond donors (Lipinski definition) is 0. The highest BCUT2D eigenvalue weighted by atomic mass is 16.5. The zero-order chi connectivity index (χ0) is 26.6. The SMILES string of the molecule is CC(=C=C1COc2c1ccc1c2CCC=C1)c1c2ccccc2c(-c2ccc3c(c2)CCC=C3)c2ccccc12. The van der Waals surface area contributed by atoms with Crippen LogP contribution in [0.4, 0.5) is 0 Å². The summed E-state index contributed by atoms with van der Waals surface area (Å²) in [6, 6.07) is 29.3. The summed E-state index contributed by atoms with van der Waals surface area (Å²) < 4.78 is 6.29. The highest BCUT2D eigenvalue weighted by molar-refractivity contribution is 6.18. The van der Waals surface area contributed by atoms with Gasteiger partial charge in [0.15, 0.2) is 0 Å². The zero-order valence-electron chi connectivity index (χ0n) is 22.8. The summed E-state index contributed by atoms with van der Waals surface area (Å²) in [5.41, 5.74) is 16.6. The van der Waals surface area contributed by atoms with Crippen LogP contribution in [0.5, 0.6) is 5.75 Å². The van der Waals surface area contributed by atoms with Crippen molar-refractivity contribution in [1.82, 2.24) is 0 Å². The first kappa shape index (κ1) is 23.3. The number of fused-ring (bicyclic) bond motifs is 6. The van der Waals surface area contributed by atoms with Gasteiger partial charge in [-0.1, -0.05) is 97.1 Å². The molecular formula is C39H30O. The average Bonchev–Trinajstić information content (AvgIpc) is 3.42. The number of benzene rings is 5. The molecule has 8 rings (SSSR count). The fourth-order valence-electron chi connectivity index (χ4n) is 6.94. The van der Waals surface area contributed by atoms with E-state index in [-0.39, 0.29) is 0 Å². The number of ether oxygens (including phenoxy) is 1. The van der Waals surface area contributed by atoms with Gasteiger partial charge in [-0.25, -0.2) is 0 Å². The normalized spacial score (nSPS) is 15.0. The first-order valence-corrected chi connectivity index (χ1v) is 14.4. The lowest BCUT2D eigenvalue weighted by atomic mass is 9.84. The Hall–Kier alpha value is -4.58. The molecule has 1 heterocycles. The molecule has 1 heteroatoms. The van der Waals surface area contributed by atoms with E-state index in [2.05, 4.69) is 116 Å². The second-order valence-electron chi connectivity index (χ2n) is 11.2. The maximum atomic E-state index is 6.29. The van der Waals surface area contributed by atoms with Crippen LogP contribution < -0.4 is 4.74 Å². The summed E-state index contributed by atoms with van der Waals surface area (Å²) >= 11 is 0. The van der Waals surface area contributed by atoms with Crippen LogP contribution in [0.3, 0.4) is 0 Å². The maximum Gasteiger partial charge on any atom is 0.131 e. The molecule has 0 saturated heterocycles. The van der Waals surface area contributed by atoms with Crippen molar-refractivity contribution in [3.05, 3.63) is 130 Å². The van der Waals surface area contributed by atoms with Crippen molar-refractivity contribution in [2.75, 3.05) is 6.61 Å². The molecule has 0 spiro atoms. The monoisotopic (exact) mass is 514 g/mol. The van der Waals surface area contributed by atoms with Gasteiger partial charge in [-0.3, -0.25) is 0 Å². The third kappa shape index (κ3) is 3.63. The fraction of sp³-hybridized carbons (Fsp3) is 0.154. The van der Waals surface area contributed by atoms with Gasteiger partial charge in [0.05, 0.1) is 0 Å². The Morgan fingerprint density at radius 2 is 1.40 bits per heavy atom. The van der Waals surface area contributed by atoms with Crippen LogP contribution in [0, 0.1) is 0 Å².